The maximum Gasteiger partial charge on any atom is 0.416 e. The molecule has 0 radical (unpaired) electrons. The molecule has 0 bridgehead atoms. The smallest absolute Gasteiger partial charge is 0.416 e. The molecule has 1 aliphatic rings. The number of benzene rings is 3. The quantitative estimate of drug-likeness (QED) is 0.579. The van der Waals surface area contributed by atoms with Gasteiger partial charge in [-0.1, -0.05) is 78.9 Å². The second kappa shape index (κ2) is 7.96. The molecule has 0 saturated carbocycles. The molecule has 4 heteroatoms. The highest BCUT2D eigenvalue weighted by Gasteiger charge is 2.36. The van der Waals surface area contributed by atoms with Gasteiger partial charge in [-0.15, -0.1) is 0 Å². The lowest BCUT2D eigenvalue weighted by molar-refractivity contribution is -0.0134. The van der Waals surface area contributed by atoms with Gasteiger partial charge in [0.05, 0.1) is 5.70 Å². The van der Waals surface area contributed by atoms with Gasteiger partial charge in [-0.05, 0) is 42.7 Å². The second-order valence-electron chi connectivity index (χ2n) is 8.70. The molecule has 4 rings (SSSR count). The minimum Gasteiger partial charge on any atom is -0.443 e. The van der Waals surface area contributed by atoms with E-state index in [0.29, 0.717) is 12.1 Å². The normalized spacial score (nSPS) is 19.5. The van der Waals surface area contributed by atoms with Gasteiger partial charge in [0.25, 0.3) is 0 Å². The van der Waals surface area contributed by atoms with E-state index in [-0.39, 0.29) is 5.92 Å². The van der Waals surface area contributed by atoms with Gasteiger partial charge in [-0.25, -0.2) is 4.79 Å². The summed E-state index contributed by atoms with van der Waals surface area (Å²) in [7, 11) is 0. The van der Waals surface area contributed by atoms with Gasteiger partial charge in [0, 0.05) is 12.3 Å². The molecule has 0 aliphatic carbocycles. The molecular weight excluding hydrogens is 374 g/mol. The monoisotopic (exact) mass is 401 g/mol. The van der Waals surface area contributed by atoms with Crippen LogP contribution in [0.25, 0.3) is 16.5 Å². The van der Waals surface area contributed by atoms with Gasteiger partial charge >= 0.3 is 6.09 Å². The van der Waals surface area contributed by atoms with Crippen LogP contribution >= 0.6 is 0 Å². The first-order valence-corrected chi connectivity index (χ1v) is 10.3. The Hall–Kier alpha value is -3.11. The molecule has 154 valence electrons. The Morgan fingerprint density at radius 1 is 0.967 bits per heavy atom. The van der Waals surface area contributed by atoms with Crippen LogP contribution in [0.5, 0.6) is 0 Å². The van der Waals surface area contributed by atoms with Gasteiger partial charge in [-0.3, -0.25) is 4.90 Å². The summed E-state index contributed by atoms with van der Waals surface area (Å²) in [6.45, 7) is 5.47. The van der Waals surface area contributed by atoms with Gasteiger partial charge in [-0.2, -0.15) is 0 Å². The number of hydrogen-bond acceptors (Lipinski definition) is 3. The number of allylic oxidation sites excluding steroid dienone is 1. The minimum absolute atomic E-state index is 0.0153. The summed E-state index contributed by atoms with van der Waals surface area (Å²) < 4.78 is 5.58. The van der Waals surface area contributed by atoms with Crippen molar-refractivity contribution in [2.45, 2.75) is 44.9 Å². The van der Waals surface area contributed by atoms with Gasteiger partial charge in [0.1, 0.15) is 11.8 Å². The van der Waals surface area contributed by atoms with Crippen LogP contribution in [-0.4, -0.2) is 27.9 Å². The maximum absolute atomic E-state index is 12.9. The van der Waals surface area contributed by atoms with Crippen molar-refractivity contribution in [1.29, 1.82) is 0 Å². The van der Waals surface area contributed by atoms with Gasteiger partial charge in [0.15, 0.2) is 0 Å². The van der Waals surface area contributed by atoms with Gasteiger partial charge < -0.3 is 9.84 Å². The Balaban J connectivity index is 1.76. The van der Waals surface area contributed by atoms with Crippen molar-refractivity contribution in [2.75, 3.05) is 0 Å². The Kier molecular flexibility index (Phi) is 5.35. The molecule has 30 heavy (non-hydrogen) atoms. The zero-order chi connectivity index (χ0) is 21.3. The highest BCUT2D eigenvalue weighted by Crippen LogP contribution is 2.37. The number of hydrogen-bond donors (Lipinski definition) is 1. The van der Waals surface area contributed by atoms with E-state index in [1.807, 2.05) is 63.2 Å². The molecule has 0 unspecified atom stereocenters. The van der Waals surface area contributed by atoms with Crippen LogP contribution in [0.2, 0.25) is 0 Å². The molecule has 1 amide bonds. The van der Waals surface area contributed by atoms with E-state index in [9.17, 15) is 9.90 Å². The third kappa shape index (κ3) is 4.24. The number of nitrogens with zero attached hydrogens (tertiary/aromatic N) is 1. The van der Waals surface area contributed by atoms with E-state index in [0.717, 1.165) is 16.5 Å². The van der Waals surface area contributed by atoms with Crippen LogP contribution in [0, 0.1) is 0 Å². The number of fused-ring (bicyclic) bond motifs is 1. The van der Waals surface area contributed by atoms with Crippen molar-refractivity contribution in [3.63, 3.8) is 0 Å². The topological polar surface area (TPSA) is 49.8 Å². The fourth-order valence-corrected chi connectivity index (χ4v) is 3.88. The van der Waals surface area contributed by atoms with Crippen molar-refractivity contribution >= 4 is 22.6 Å². The minimum atomic E-state index is -0.975. The van der Waals surface area contributed by atoms with E-state index < -0.39 is 17.9 Å². The second-order valence-corrected chi connectivity index (χ2v) is 8.70. The lowest BCUT2D eigenvalue weighted by Gasteiger charge is -2.37. The number of amides is 1. The third-order valence-corrected chi connectivity index (χ3v) is 5.24. The Labute approximate surface area is 177 Å². The Morgan fingerprint density at radius 2 is 1.63 bits per heavy atom. The zero-order valence-electron chi connectivity index (χ0n) is 17.6. The van der Waals surface area contributed by atoms with Crippen molar-refractivity contribution in [3.05, 3.63) is 90.0 Å². The molecule has 1 heterocycles. The van der Waals surface area contributed by atoms with E-state index in [4.69, 9.17) is 4.74 Å². The summed E-state index contributed by atoms with van der Waals surface area (Å²) in [6.07, 6.45) is 0.961. The van der Waals surface area contributed by atoms with Crippen LogP contribution in [0.1, 0.15) is 44.2 Å². The van der Waals surface area contributed by atoms with E-state index >= 15 is 0 Å². The average Bonchev–Trinajstić information content (AvgIpc) is 2.72. The molecule has 3 aromatic carbocycles. The molecule has 4 nitrogen and oxygen atoms in total. The average molecular weight is 402 g/mol. The number of aliphatic hydroxyl groups is 1. The van der Waals surface area contributed by atoms with Crippen molar-refractivity contribution in [3.8, 4) is 0 Å². The lowest BCUT2D eigenvalue weighted by Crippen LogP contribution is -2.44. The molecule has 1 aliphatic heterocycles. The van der Waals surface area contributed by atoms with Crippen molar-refractivity contribution in [1.82, 2.24) is 4.90 Å². The largest absolute Gasteiger partial charge is 0.443 e. The summed E-state index contributed by atoms with van der Waals surface area (Å²) in [5.41, 5.74) is 2.01. The van der Waals surface area contributed by atoms with Crippen molar-refractivity contribution < 1.29 is 14.6 Å². The highest BCUT2D eigenvalue weighted by molar-refractivity contribution is 5.85. The summed E-state index contributed by atoms with van der Waals surface area (Å²) in [5.74, 6) is -0.0153. The molecule has 0 spiro atoms. The SMILES string of the molecule is CC(C)(C)OC(=O)N1C(c2ccccc2)=C[C@H](c2ccc3ccccc3c2)C[C@H]1O. The summed E-state index contributed by atoms with van der Waals surface area (Å²) in [5, 5.41) is 13.3. The Morgan fingerprint density at radius 3 is 2.33 bits per heavy atom. The van der Waals surface area contributed by atoms with Gasteiger partial charge in [0.2, 0.25) is 0 Å². The Bertz CT molecular complexity index is 1080. The van der Waals surface area contributed by atoms with Crippen LogP contribution in [0.15, 0.2) is 78.9 Å². The number of ether oxygens (including phenoxy) is 1. The maximum atomic E-state index is 12.9. The highest BCUT2D eigenvalue weighted by atomic mass is 16.6. The molecule has 0 fully saturated rings. The predicted octanol–water partition coefficient (Wildman–Crippen LogP) is 5.92. The number of carbonyl (C=O) groups is 1. The first kappa shape index (κ1) is 20.2. The lowest BCUT2D eigenvalue weighted by atomic mass is 9.88. The number of rotatable bonds is 2. The molecule has 0 aromatic heterocycles. The van der Waals surface area contributed by atoms with E-state index in [1.165, 1.54) is 10.3 Å². The number of aliphatic hydroxyl groups excluding tert-OH is 1. The fraction of sp³-hybridized carbons (Fsp3) is 0.269. The first-order valence-electron chi connectivity index (χ1n) is 10.3. The third-order valence-electron chi connectivity index (χ3n) is 5.24. The van der Waals surface area contributed by atoms with Crippen LogP contribution in [0.3, 0.4) is 0 Å². The fourth-order valence-electron chi connectivity index (χ4n) is 3.88. The van der Waals surface area contributed by atoms with Crippen LogP contribution < -0.4 is 0 Å². The molecule has 0 saturated heterocycles. The predicted molar refractivity (Wildman–Crippen MR) is 120 cm³/mol. The molecular formula is C26H27NO3. The standard InChI is InChI=1S/C26H27NO3/c1-26(2,3)30-25(29)27-23(19-10-5-4-6-11-19)16-22(17-24(27)28)21-14-13-18-9-7-8-12-20(18)15-21/h4-16,22,24,28H,17H2,1-3H3/t22-,24+/m0/s1. The zero-order valence-corrected chi connectivity index (χ0v) is 17.6. The van der Waals surface area contributed by atoms with Crippen LogP contribution in [0.4, 0.5) is 4.79 Å². The summed E-state index contributed by atoms with van der Waals surface area (Å²) >= 11 is 0. The molecule has 2 atom stereocenters. The van der Waals surface area contributed by atoms with Crippen molar-refractivity contribution in [2.24, 2.45) is 0 Å². The molecule has 3 aromatic rings. The van der Waals surface area contributed by atoms with E-state index in [1.54, 1.807) is 0 Å². The van der Waals surface area contributed by atoms with Crippen LogP contribution in [-0.2, 0) is 4.74 Å². The summed E-state index contributed by atoms with van der Waals surface area (Å²) in [6, 6.07) is 24.3. The number of carbonyl (C=O) groups excluding carboxylic acids is 1. The van der Waals surface area contributed by atoms with E-state index in [2.05, 4.69) is 36.4 Å². The molecule has 1 N–H and O–H groups in total. The first-order chi connectivity index (χ1) is 14.3. The summed E-state index contributed by atoms with van der Waals surface area (Å²) in [4.78, 5) is 14.3.